The molecular weight excluding hydrogens is 144 g/mol. The van der Waals surface area contributed by atoms with Crippen molar-refractivity contribution in [2.75, 3.05) is 0 Å². The Morgan fingerprint density at radius 1 is 1.17 bits per heavy atom. The molecule has 12 heavy (non-hydrogen) atoms. The third kappa shape index (κ3) is 1.57. The van der Waals surface area contributed by atoms with Gasteiger partial charge in [0.05, 0.1) is 0 Å². The summed E-state index contributed by atoms with van der Waals surface area (Å²) in [4.78, 5) is 0. The predicted molar refractivity (Wildman–Crippen MR) is 52.7 cm³/mol. The minimum Gasteiger partial charge on any atom is -0.0847 e. The first-order valence-electron chi connectivity index (χ1n) is 5.41. The van der Waals surface area contributed by atoms with Gasteiger partial charge in [0, 0.05) is 0 Å². The van der Waals surface area contributed by atoms with Crippen LogP contribution >= 0.6 is 0 Å². The SMILES string of the molecule is CC1CCCC1C1=CCCC[CH]1. The largest absolute Gasteiger partial charge is 0.0847 e. The molecule has 0 bridgehead atoms. The Hall–Kier alpha value is -0.260. The lowest BCUT2D eigenvalue weighted by molar-refractivity contribution is 0.474. The molecule has 0 aliphatic heterocycles. The van der Waals surface area contributed by atoms with Gasteiger partial charge in [0.1, 0.15) is 0 Å². The van der Waals surface area contributed by atoms with Gasteiger partial charge >= 0.3 is 0 Å². The summed E-state index contributed by atoms with van der Waals surface area (Å²) < 4.78 is 0. The summed E-state index contributed by atoms with van der Waals surface area (Å²) >= 11 is 0. The standard InChI is InChI=1S/C12H19/c1-10-6-5-9-12(10)11-7-3-2-4-8-11/h7-8,10,12H,2-6,9H2,1H3. The van der Waals surface area contributed by atoms with Gasteiger partial charge in [-0.05, 0) is 43.9 Å². The fourth-order valence-corrected chi connectivity index (χ4v) is 2.68. The van der Waals surface area contributed by atoms with Gasteiger partial charge in [0.15, 0.2) is 0 Å². The molecule has 2 aliphatic rings. The highest BCUT2D eigenvalue weighted by Gasteiger charge is 2.26. The highest BCUT2D eigenvalue weighted by molar-refractivity contribution is 5.21. The van der Waals surface area contributed by atoms with Crippen molar-refractivity contribution in [2.45, 2.75) is 45.4 Å². The summed E-state index contributed by atoms with van der Waals surface area (Å²) in [7, 11) is 0. The van der Waals surface area contributed by atoms with Crippen LogP contribution in [0.25, 0.3) is 0 Å². The smallest absolute Gasteiger partial charge is 0.0134 e. The third-order valence-electron chi connectivity index (χ3n) is 3.46. The Morgan fingerprint density at radius 3 is 2.67 bits per heavy atom. The highest BCUT2D eigenvalue weighted by atomic mass is 14.3. The Morgan fingerprint density at radius 2 is 2.08 bits per heavy atom. The van der Waals surface area contributed by atoms with Gasteiger partial charge in [-0.15, -0.1) is 0 Å². The van der Waals surface area contributed by atoms with Crippen LogP contribution in [0.5, 0.6) is 0 Å². The number of hydrogen-bond acceptors (Lipinski definition) is 0. The van der Waals surface area contributed by atoms with Gasteiger partial charge < -0.3 is 0 Å². The van der Waals surface area contributed by atoms with E-state index in [-0.39, 0.29) is 0 Å². The van der Waals surface area contributed by atoms with Gasteiger partial charge in [-0.2, -0.15) is 0 Å². The molecule has 0 heteroatoms. The molecule has 1 radical (unpaired) electrons. The van der Waals surface area contributed by atoms with Crippen LogP contribution in [0.3, 0.4) is 0 Å². The van der Waals surface area contributed by atoms with E-state index in [0.29, 0.717) is 0 Å². The zero-order valence-corrected chi connectivity index (χ0v) is 8.05. The molecule has 0 saturated heterocycles. The molecule has 0 aromatic carbocycles. The van der Waals surface area contributed by atoms with Crippen LogP contribution < -0.4 is 0 Å². The molecule has 0 spiro atoms. The summed E-state index contributed by atoms with van der Waals surface area (Å²) in [5.74, 6) is 1.87. The summed E-state index contributed by atoms with van der Waals surface area (Å²) in [6, 6.07) is 0. The highest BCUT2D eigenvalue weighted by Crippen LogP contribution is 2.39. The molecule has 0 amide bonds. The molecule has 2 unspecified atom stereocenters. The van der Waals surface area contributed by atoms with E-state index in [2.05, 4.69) is 19.4 Å². The normalized spacial score (nSPS) is 36.6. The van der Waals surface area contributed by atoms with Crippen molar-refractivity contribution in [3.63, 3.8) is 0 Å². The van der Waals surface area contributed by atoms with E-state index in [0.717, 1.165) is 11.8 Å². The summed E-state index contributed by atoms with van der Waals surface area (Å²) in [5.41, 5.74) is 1.69. The first-order chi connectivity index (χ1) is 5.88. The fraction of sp³-hybridized carbons (Fsp3) is 0.750. The second-order valence-electron chi connectivity index (χ2n) is 4.35. The van der Waals surface area contributed by atoms with Gasteiger partial charge in [-0.3, -0.25) is 0 Å². The van der Waals surface area contributed by atoms with Crippen LogP contribution in [-0.4, -0.2) is 0 Å². The monoisotopic (exact) mass is 163 g/mol. The van der Waals surface area contributed by atoms with Crippen LogP contribution in [-0.2, 0) is 0 Å². The lowest BCUT2D eigenvalue weighted by atomic mass is 9.84. The Labute approximate surface area is 76.1 Å². The molecule has 2 aliphatic carbocycles. The van der Waals surface area contributed by atoms with Crippen LogP contribution in [0.15, 0.2) is 11.6 Å². The Bertz CT molecular complexity index is 178. The summed E-state index contributed by atoms with van der Waals surface area (Å²) in [6.45, 7) is 2.42. The minimum absolute atomic E-state index is 0.922. The summed E-state index contributed by atoms with van der Waals surface area (Å²) in [6.07, 6.45) is 13.4. The number of hydrogen-bond donors (Lipinski definition) is 0. The van der Waals surface area contributed by atoms with Crippen LogP contribution in [0, 0.1) is 18.3 Å². The van der Waals surface area contributed by atoms with Gasteiger partial charge in [0.25, 0.3) is 0 Å². The Kier molecular flexibility index (Phi) is 2.53. The number of allylic oxidation sites excluding steroid dienone is 2. The van der Waals surface area contributed by atoms with Crippen LogP contribution in [0.1, 0.15) is 45.4 Å². The molecular formula is C12H19. The zero-order valence-electron chi connectivity index (χ0n) is 8.05. The minimum atomic E-state index is 0.922. The van der Waals surface area contributed by atoms with E-state index in [9.17, 15) is 0 Å². The molecule has 0 N–H and O–H groups in total. The quantitative estimate of drug-likeness (QED) is 0.552. The predicted octanol–water partition coefficient (Wildman–Crippen LogP) is 3.74. The van der Waals surface area contributed by atoms with Gasteiger partial charge in [0.2, 0.25) is 0 Å². The van der Waals surface area contributed by atoms with Crippen molar-refractivity contribution in [1.29, 1.82) is 0 Å². The lowest BCUT2D eigenvalue weighted by Crippen LogP contribution is -2.09. The molecule has 67 valence electrons. The van der Waals surface area contributed by atoms with Crippen LogP contribution in [0.4, 0.5) is 0 Å². The van der Waals surface area contributed by atoms with Crippen molar-refractivity contribution in [1.82, 2.24) is 0 Å². The second kappa shape index (κ2) is 3.64. The maximum atomic E-state index is 2.48. The molecule has 1 fully saturated rings. The zero-order chi connectivity index (χ0) is 8.39. The van der Waals surface area contributed by atoms with E-state index in [4.69, 9.17) is 0 Å². The van der Waals surface area contributed by atoms with Gasteiger partial charge in [-0.25, -0.2) is 0 Å². The maximum absolute atomic E-state index is 2.48. The van der Waals surface area contributed by atoms with Crippen molar-refractivity contribution in [2.24, 2.45) is 11.8 Å². The topological polar surface area (TPSA) is 0 Å². The van der Waals surface area contributed by atoms with Crippen molar-refractivity contribution in [3.8, 4) is 0 Å². The van der Waals surface area contributed by atoms with Crippen molar-refractivity contribution in [3.05, 3.63) is 18.1 Å². The number of rotatable bonds is 1. The van der Waals surface area contributed by atoms with E-state index < -0.39 is 0 Å². The van der Waals surface area contributed by atoms with E-state index >= 15 is 0 Å². The van der Waals surface area contributed by atoms with Gasteiger partial charge in [-0.1, -0.05) is 31.4 Å². The summed E-state index contributed by atoms with van der Waals surface area (Å²) in [5, 5.41) is 0. The first-order valence-corrected chi connectivity index (χ1v) is 5.41. The van der Waals surface area contributed by atoms with E-state index in [1.54, 1.807) is 5.57 Å². The molecule has 0 heterocycles. The lowest BCUT2D eigenvalue weighted by Gasteiger charge is -2.22. The average Bonchev–Trinajstić information content (AvgIpc) is 2.53. The van der Waals surface area contributed by atoms with E-state index in [1.165, 1.54) is 38.5 Å². The van der Waals surface area contributed by atoms with Crippen LogP contribution in [0.2, 0.25) is 0 Å². The van der Waals surface area contributed by atoms with Crippen molar-refractivity contribution >= 4 is 0 Å². The molecule has 1 saturated carbocycles. The second-order valence-corrected chi connectivity index (χ2v) is 4.35. The molecule has 2 rings (SSSR count). The fourth-order valence-electron chi connectivity index (χ4n) is 2.68. The molecule has 0 aromatic heterocycles. The maximum Gasteiger partial charge on any atom is -0.0134 e. The Balaban J connectivity index is 2.02. The first kappa shape index (κ1) is 8.34. The molecule has 0 nitrogen and oxygen atoms in total. The average molecular weight is 163 g/mol. The molecule has 2 atom stereocenters. The van der Waals surface area contributed by atoms with Crippen molar-refractivity contribution < 1.29 is 0 Å². The van der Waals surface area contributed by atoms with E-state index in [1.807, 2.05) is 0 Å². The third-order valence-corrected chi connectivity index (χ3v) is 3.46. The molecule has 0 aromatic rings.